The minimum atomic E-state index is -0.399. The summed E-state index contributed by atoms with van der Waals surface area (Å²) >= 11 is 0. The second-order valence-electron chi connectivity index (χ2n) is 5.80. The summed E-state index contributed by atoms with van der Waals surface area (Å²) in [6, 6.07) is 15.1. The van der Waals surface area contributed by atoms with Gasteiger partial charge in [-0.3, -0.25) is 5.32 Å². The number of phenols is 1. The number of anilines is 1. The highest BCUT2D eigenvalue weighted by Crippen LogP contribution is 2.19. The van der Waals surface area contributed by atoms with Crippen LogP contribution in [0.4, 0.5) is 10.5 Å². The Balaban J connectivity index is 1.87. The van der Waals surface area contributed by atoms with Crippen LogP contribution in [-0.4, -0.2) is 17.8 Å². The zero-order valence-corrected chi connectivity index (χ0v) is 14.1. The van der Waals surface area contributed by atoms with E-state index < -0.39 is 6.09 Å². The van der Waals surface area contributed by atoms with Gasteiger partial charge < -0.3 is 9.84 Å². The van der Waals surface area contributed by atoms with Crippen LogP contribution in [0.25, 0.3) is 0 Å². The predicted octanol–water partition coefficient (Wildman–Crippen LogP) is 4.92. The Morgan fingerprint density at radius 1 is 1.08 bits per heavy atom. The van der Waals surface area contributed by atoms with Gasteiger partial charge in [-0.2, -0.15) is 0 Å². The molecule has 1 amide bonds. The van der Waals surface area contributed by atoms with Gasteiger partial charge >= 0.3 is 6.09 Å². The van der Waals surface area contributed by atoms with Crippen LogP contribution in [0, 0.1) is 0 Å². The average molecular weight is 327 g/mol. The molecule has 0 aromatic heterocycles. The molecule has 0 aliphatic heterocycles. The number of benzene rings is 2. The zero-order chi connectivity index (χ0) is 17.2. The molecular formula is C20H25NO3. The lowest BCUT2D eigenvalue weighted by molar-refractivity contribution is 0.160. The molecule has 2 aromatic carbocycles. The van der Waals surface area contributed by atoms with Gasteiger partial charge in [-0.1, -0.05) is 43.7 Å². The molecule has 0 saturated heterocycles. The molecule has 2 rings (SSSR count). The van der Waals surface area contributed by atoms with Gasteiger partial charge in [0.25, 0.3) is 0 Å². The minimum Gasteiger partial charge on any atom is -0.508 e. The maximum atomic E-state index is 11.8. The van der Waals surface area contributed by atoms with Crippen molar-refractivity contribution in [2.45, 2.75) is 39.0 Å². The van der Waals surface area contributed by atoms with Crippen molar-refractivity contribution in [2.24, 2.45) is 0 Å². The summed E-state index contributed by atoms with van der Waals surface area (Å²) in [5, 5.41) is 12.3. The quantitative estimate of drug-likeness (QED) is 0.677. The van der Waals surface area contributed by atoms with E-state index in [1.54, 1.807) is 12.1 Å². The Morgan fingerprint density at radius 2 is 1.92 bits per heavy atom. The third kappa shape index (κ3) is 5.95. The van der Waals surface area contributed by atoms with E-state index in [1.165, 1.54) is 0 Å². The zero-order valence-electron chi connectivity index (χ0n) is 14.1. The monoisotopic (exact) mass is 327 g/mol. The molecule has 0 saturated carbocycles. The van der Waals surface area contributed by atoms with E-state index >= 15 is 0 Å². The number of unbranched alkanes of at least 4 members (excludes halogenated alkanes) is 1. The number of aryl methyl sites for hydroxylation is 2. The highest BCUT2D eigenvalue weighted by Gasteiger charge is 2.07. The average Bonchev–Trinajstić information content (AvgIpc) is 2.57. The topological polar surface area (TPSA) is 58.6 Å². The molecule has 0 spiro atoms. The van der Waals surface area contributed by atoms with Crippen molar-refractivity contribution in [3.8, 4) is 5.75 Å². The summed E-state index contributed by atoms with van der Waals surface area (Å²) in [5.74, 6) is 0.296. The van der Waals surface area contributed by atoms with E-state index in [-0.39, 0.29) is 0 Å². The van der Waals surface area contributed by atoms with Gasteiger partial charge in [0.2, 0.25) is 0 Å². The fraction of sp³-hybridized carbons (Fsp3) is 0.350. The molecular weight excluding hydrogens is 302 g/mol. The van der Waals surface area contributed by atoms with Gasteiger partial charge in [-0.05, 0) is 55.0 Å². The molecule has 0 bridgehead atoms. The Labute approximate surface area is 143 Å². The number of nitrogens with one attached hydrogen (secondary N) is 1. The Kier molecular flexibility index (Phi) is 7.15. The van der Waals surface area contributed by atoms with Crippen LogP contribution in [0.2, 0.25) is 0 Å². The molecule has 0 atom stereocenters. The van der Waals surface area contributed by atoms with E-state index in [9.17, 15) is 9.90 Å². The maximum absolute atomic E-state index is 11.8. The number of aromatic hydroxyl groups is 1. The van der Waals surface area contributed by atoms with E-state index in [4.69, 9.17) is 4.74 Å². The molecule has 2 N–H and O–H groups in total. The van der Waals surface area contributed by atoms with Crippen LogP contribution in [0.15, 0.2) is 48.5 Å². The molecule has 4 nitrogen and oxygen atoms in total. The molecule has 128 valence electrons. The molecule has 0 radical (unpaired) electrons. The second kappa shape index (κ2) is 9.60. The fourth-order valence-corrected chi connectivity index (χ4v) is 2.51. The second-order valence-corrected chi connectivity index (χ2v) is 5.80. The highest BCUT2D eigenvalue weighted by atomic mass is 16.5. The van der Waals surface area contributed by atoms with Crippen molar-refractivity contribution in [3.05, 3.63) is 59.7 Å². The fourth-order valence-electron chi connectivity index (χ4n) is 2.51. The normalized spacial score (nSPS) is 10.4. The first-order valence-electron chi connectivity index (χ1n) is 8.48. The first-order valence-corrected chi connectivity index (χ1v) is 8.48. The Bertz CT molecular complexity index is 655. The summed E-state index contributed by atoms with van der Waals surface area (Å²) in [6.45, 7) is 2.51. The maximum Gasteiger partial charge on any atom is 0.411 e. The minimum absolute atomic E-state index is 0.296. The van der Waals surface area contributed by atoms with Gasteiger partial charge in [-0.15, -0.1) is 0 Å². The number of amides is 1. The smallest absolute Gasteiger partial charge is 0.411 e. The highest BCUT2D eigenvalue weighted by molar-refractivity contribution is 5.85. The number of rotatable bonds is 8. The molecule has 0 heterocycles. The third-order valence-electron chi connectivity index (χ3n) is 3.81. The van der Waals surface area contributed by atoms with E-state index in [0.29, 0.717) is 12.4 Å². The largest absolute Gasteiger partial charge is 0.508 e. The number of hydrogen-bond donors (Lipinski definition) is 2. The molecule has 4 heteroatoms. The van der Waals surface area contributed by atoms with Gasteiger partial charge in [-0.25, -0.2) is 4.79 Å². The van der Waals surface area contributed by atoms with Crippen molar-refractivity contribution < 1.29 is 14.6 Å². The lowest BCUT2D eigenvalue weighted by atomic mass is 10.0. The van der Waals surface area contributed by atoms with Crippen LogP contribution >= 0.6 is 0 Å². The first-order chi connectivity index (χ1) is 11.7. The van der Waals surface area contributed by atoms with Crippen LogP contribution in [0.1, 0.15) is 37.3 Å². The summed E-state index contributed by atoms with van der Waals surface area (Å²) in [7, 11) is 0. The van der Waals surface area contributed by atoms with Gasteiger partial charge in [0.15, 0.2) is 0 Å². The summed E-state index contributed by atoms with van der Waals surface area (Å²) < 4.78 is 5.15. The standard InChI is InChI=1S/C20H25NO3/c1-2-3-14-24-20(23)21-19-13-5-4-10-17(19)11-6-8-16-9-7-12-18(22)15-16/h4-5,7,9-10,12-13,15,22H,2-3,6,8,11,14H2,1H3,(H,21,23). The molecule has 24 heavy (non-hydrogen) atoms. The number of phenolic OH excluding ortho intramolecular Hbond substituents is 1. The SMILES string of the molecule is CCCCOC(=O)Nc1ccccc1CCCc1cccc(O)c1. The van der Waals surface area contributed by atoms with E-state index in [2.05, 4.69) is 12.2 Å². The van der Waals surface area contributed by atoms with E-state index in [0.717, 1.165) is 48.9 Å². The number of carbonyl (C=O) groups excluding carboxylic acids is 1. The van der Waals surface area contributed by atoms with Crippen molar-refractivity contribution >= 4 is 11.8 Å². The van der Waals surface area contributed by atoms with Crippen LogP contribution in [0.3, 0.4) is 0 Å². The molecule has 0 fully saturated rings. The van der Waals surface area contributed by atoms with Crippen molar-refractivity contribution in [3.63, 3.8) is 0 Å². The van der Waals surface area contributed by atoms with Gasteiger partial charge in [0.05, 0.1) is 6.61 Å². The summed E-state index contributed by atoms with van der Waals surface area (Å²) in [6.07, 6.45) is 4.14. The van der Waals surface area contributed by atoms with Crippen LogP contribution in [-0.2, 0) is 17.6 Å². The van der Waals surface area contributed by atoms with Crippen LogP contribution in [0.5, 0.6) is 5.75 Å². The van der Waals surface area contributed by atoms with Crippen LogP contribution < -0.4 is 5.32 Å². The lowest BCUT2D eigenvalue weighted by Gasteiger charge is -2.11. The first kappa shape index (κ1) is 17.9. The van der Waals surface area contributed by atoms with Crippen molar-refractivity contribution in [1.29, 1.82) is 0 Å². The van der Waals surface area contributed by atoms with Crippen molar-refractivity contribution in [2.75, 3.05) is 11.9 Å². The predicted molar refractivity (Wildman–Crippen MR) is 96.5 cm³/mol. The number of carbonyl (C=O) groups is 1. The van der Waals surface area contributed by atoms with Gasteiger partial charge in [0, 0.05) is 5.69 Å². The summed E-state index contributed by atoms with van der Waals surface area (Å²) in [4.78, 5) is 11.8. The van der Waals surface area contributed by atoms with Gasteiger partial charge in [0.1, 0.15) is 5.75 Å². The number of para-hydroxylation sites is 1. The van der Waals surface area contributed by atoms with Crippen molar-refractivity contribution in [1.82, 2.24) is 0 Å². The number of ether oxygens (including phenoxy) is 1. The molecule has 0 aliphatic carbocycles. The lowest BCUT2D eigenvalue weighted by Crippen LogP contribution is -2.15. The van der Waals surface area contributed by atoms with E-state index in [1.807, 2.05) is 36.4 Å². The summed E-state index contributed by atoms with van der Waals surface area (Å²) in [5.41, 5.74) is 3.00. The third-order valence-corrected chi connectivity index (χ3v) is 3.81. The Morgan fingerprint density at radius 3 is 2.71 bits per heavy atom. The number of hydrogen-bond acceptors (Lipinski definition) is 3. The molecule has 2 aromatic rings. The molecule has 0 unspecified atom stereocenters. The molecule has 0 aliphatic rings. The Hall–Kier alpha value is -2.49.